The zero-order chi connectivity index (χ0) is 18.0. The van der Waals surface area contributed by atoms with Gasteiger partial charge in [0.25, 0.3) is 0 Å². The van der Waals surface area contributed by atoms with Crippen LogP contribution >= 0.6 is 15.9 Å². The molecule has 128 valence electrons. The first-order valence-corrected chi connectivity index (χ1v) is 8.51. The number of benzene rings is 2. The lowest BCUT2D eigenvalue weighted by molar-refractivity contribution is -0.116. The van der Waals surface area contributed by atoms with Gasteiger partial charge >= 0.3 is 5.97 Å². The normalized spacial score (nSPS) is 10.7. The van der Waals surface area contributed by atoms with Crippen LogP contribution in [-0.4, -0.2) is 23.6 Å². The molecule has 0 spiro atoms. The lowest BCUT2D eigenvalue weighted by Gasteiger charge is -2.09. The summed E-state index contributed by atoms with van der Waals surface area (Å²) in [7, 11) is 1.34. The Labute approximate surface area is 153 Å². The van der Waals surface area contributed by atoms with Gasteiger partial charge in [0.2, 0.25) is 5.91 Å². The van der Waals surface area contributed by atoms with Gasteiger partial charge in [0.1, 0.15) is 6.54 Å². The zero-order valence-corrected chi connectivity index (χ0v) is 15.5. The van der Waals surface area contributed by atoms with E-state index in [0.717, 1.165) is 20.9 Å². The van der Waals surface area contributed by atoms with Crippen LogP contribution in [0.5, 0.6) is 0 Å². The topological polar surface area (TPSA) is 60.3 Å². The number of halogens is 1. The number of carbonyl (C=O) groups excluding carboxylic acids is 2. The van der Waals surface area contributed by atoms with E-state index in [1.54, 1.807) is 10.8 Å². The van der Waals surface area contributed by atoms with Gasteiger partial charge in [-0.1, -0.05) is 24.3 Å². The van der Waals surface area contributed by atoms with Crippen LogP contribution in [0.4, 0.5) is 5.69 Å². The summed E-state index contributed by atoms with van der Waals surface area (Å²) in [5.74, 6) is -0.599. The van der Waals surface area contributed by atoms with Gasteiger partial charge in [0.05, 0.1) is 18.4 Å². The first-order chi connectivity index (χ1) is 12.0. The molecule has 0 atom stereocenters. The van der Waals surface area contributed by atoms with Gasteiger partial charge in [-0.25, -0.2) is 4.79 Å². The van der Waals surface area contributed by atoms with E-state index < -0.39 is 5.97 Å². The summed E-state index contributed by atoms with van der Waals surface area (Å²) < 4.78 is 7.40. The van der Waals surface area contributed by atoms with Crippen LogP contribution in [0.15, 0.2) is 53.1 Å². The molecule has 2 aromatic carbocycles. The quantitative estimate of drug-likeness (QED) is 0.669. The zero-order valence-electron chi connectivity index (χ0n) is 13.9. The predicted molar refractivity (Wildman–Crippen MR) is 101 cm³/mol. The lowest BCUT2D eigenvalue weighted by Crippen LogP contribution is -2.18. The Morgan fingerprint density at radius 3 is 2.68 bits per heavy atom. The van der Waals surface area contributed by atoms with E-state index in [0.29, 0.717) is 11.3 Å². The average molecular weight is 401 g/mol. The molecule has 0 aliphatic heterocycles. The molecule has 0 fully saturated rings. The molecule has 0 saturated carbocycles. The number of carbonyl (C=O) groups is 2. The second-order valence-corrected chi connectivity index (χ2v) is 6.57. The minimum absolute atomic E-state index is 0.0951. The fourth-order valence-electron chi connectivity index (χ4n) is 2.72. The molecular formula is C19H17BrN2O3. The summed E-state index contributed by atoms with van der Waals surface area (Å²) in [4.78, 5) is 24.4. The van der Waals surface area contributed by atoms with Gasteiger partial charge in [0.15, 0.2) is 0 Å². The summed E-state index contributed by atoms with van der Waals surface area (Å²) in [5, 5.41) is 3.64. The van der Waals surface area contributed by atoms with Gasteiger partial charge < -0.3 is 14.6 Å². The molecule has 0 aliphatic carbocycles. The number of rotatable bonds is 4. The summed E-state index contributed by atoms with van der Waals surface area (Å²) in [6.45, 7) is 2.08. The molecule has 0 saturated heterocycles. The molecule has 0 unspecified atom stereocenters. The first kappa shape index (κ1) is 17.2. The van der Waals surface area contributed by atoms with Crippen LogP contribution in [0, 0.1) is 6.92 Å². The number of anilines is 1. The number of aryl methyl sites for hydroxylation is 1. The van der Waals surface area contributed by atoms with Gasteiger partial charge in [0, 0.05) is 21.6 Å². The molecule has 25 heavy (non-hydrogen) atoms. The number of ether oxygens (including phenoxy) is 1. The Bertz CT molecular complexity index is 962. The minimum Gasteiger partial charge on any atom is -0.465 e. The van der Waals surface area contributed by atoms with Crippen LogP contribution in [0.25, 0.3) is 10.9 Å². The number of esters is 1. The number of fused-ring (bicyclic) bond motifs is 1. The highest BCUT2D eigenvalue weighted by atomic mass is 79.9. The molecule has 1 amide bonds. The molecule has 0 radical (unpaired) electrons. The third kappa shape index (κ3) is 3.58. The van der Waals surface area contributed by atoms with Crippen LogP contribution in [0.2, 0.25) is 0 Å². The molecule has 1 aromatic heterocycles. The van der Waals surface area contributed by atoms with E-state index in [9.17, 15) is 9.59 Å². The number of amides is 1. The standard InChI is InChI=1S/C19H17BrN2O3/c1-12-7-8-16(15(20)9-12)21-18(23)11-22-10-14(19(24)25-2)13-5-3-4-6-17(13)22/h3-10H,11H2,1-2H3,(H,21,23). The highest BCUT2D eigenvalue weighted by molar-refractivity contribution is 9.10. The third-order valence-corrected chi connectivity index (χ3v) is 4.56. The average Bonchev–Trinajstić information content (AvgIpc) is 2.95. The fraction of sp³-hybridized carbons (Fsp3) is 0.158. The van der Waals surface area contributed by atoms with Crippen molar-refractivity contribution in [1.29, 1.82) is 0 Å². The van der Waals surface area contributed by atoms with Crippen LogP contribution in [0.3, 0.4) is 0 Å². The number of nitrogens with one attached hydrogen (secondary N) is 1. The maximum Gasteiger partial charge on any atom is 0.340 e. The van der Waals surface area contributed by atoms with Crippen molar-refractivity contribution in [2.45, 2.75) is 13.5 Å². The van der Waals surface area contributed by atoms with E-state index >= 15 is 0 Å². The second kappa shape index (κ2) is 7.11. The Hall–Kier alpha value is -2.60. The minimum atomic E-state index is -0.420. The molecule has 1 N–H and O–H groups in total. The summed E-state index contributed by atoms with van der Waals surface area (Å²) >= 11 is 3.45. The monoisotopic (exact) mass is 400 g/mol. The number of hydrogen-bond donors (Lipinski definition) is 1. The van der Waals surface area contributed by atoms with Crippen molar-refractivity contribution in [3.05, 3.63) is 64.3 Å². The number of aromatic nitrogens is 1. The summed E-state index contributed by atoms with van der Waals surface area (Å²) in [6.07, 6.45) is 1.65. The molecule has 0 bridgehead atoms. The summed E-state index contributed by atoms with van der Waals surface area (Å²) in [6, 6.07) is 13.2. The van der Waals surface area contributed by atoms with Crippen molar-refractivity contribution >= 4 is 44.4 Å². The van der Waals surface area contributed by atoms with Crippen molar-refractivity contribution in [1.82, 2.24) is 4.57 Å². The Morgan fingerprint density at radius 1 is 1.20 bits per heavy atom. The number of nitrogens with zero attached hydrogens (tertiary/aromatic N) is 1. The Balaban J connectivity index is 1.87. The molecule has 5 nitrogen and oxygen atoms in total. The smallest absolute Gasteiger partial charge is 0.340 e. The Kier molecular flexibility index (Phi) is 4.90. The van der Waals surface area contributed by atoms with Crippen molar-refractivity contribution in [3.8, 4) is 0 Å². The molecule has 0 aliphatic rings. The first-order valence-electron chi connectivity index (χ1n) is 7.72. The van der Waals surface area contributed by atoms with Crippen molar-refractivity contribution < 1.29 is 14.3 Å². The SMILES string of the molecule is COC(=O)c1cn(CC(=O)Nc2ccc(C)cc2Br)c2ccccc12. The molecule has 1 heterocycles. The van der Waals surface area contributed by atoms with Crippen molar-refractivity contribution in [3.63, 3.8) is 0 Å². The van der Waals surface area contributed by atoms with Crippen LogP contribution in [0.1, 0.15) is 15.9 Å². The predicted octanol–water partition coefficient (Wildman–Crippen LogP) is 4.14. The van der Waals surface area contributed by atoms with Gasteiger partial charge in [-0.2, -0.15) is 0 Å². The Morgan fingerprint density at radius 2 is 1.96 bits per heavy atom. The maximum absolute atomic E-state index is 12.4. The molecule has 6 heteroatoms. The van der Waals surface area contributed by atoms with Crippen molar-refractivity contribution in [2.24, 2.45) is 0 Å². The van der Waals surface area contributed by atoms with Crippen LogP contribution < -0.4 is 5.32 Å². The molecule has 3 aromatic rings. The lowest BCUT2D eigenvalue weighted by atomic mass is 10.2. The number of hydrogen-bond acceptors (Lipinski definition) is 3. The third-order valence-electron chi connectivity index (χ3n) is 3.91. The van der Waals surface area contributed by atoms with E-state index in [2.05, 4.69) is 21.2 Å². The maximum atomic E-state index is 12.4. The van der Waals surface area contributed by atoms with E-state index in [1.165, 1.54) is 7.11 Å². The highest BCUT2D eigenvalue weighted by Crippen LogP contribution is 2.25. The van der Waals surface area contributed by atoms with Gasteiger partial charge in [-0.05, 0) is 46.6 Å². The second-order valence-electron chi connectivity index (χ2n) is 5.71. The summed E-state index contributed by atoms with van der Waals surface area (Å²) in [5.41, 5.74) is 3.06. The molecule has 3 rings (SSSR count). The van der Waals surface area contributed by atoms with Gasteiger partial charge in [-0.3, -0.25) is 4.79 Å². The number of para-hydroxylation sites is 1. The molecular weight excluding hydrogens is 384 g/mol. The van der Waals surface area contributed by atoms with Crippen LogP contribution in [-0.2, 0) is 16.1 Å². The van der Waals surface area contributed by atoms with E-state index in [-0.39, 0.29) is 12.5 Å². The fourth-order valence-corrected chi connectivity index (χ4v) is 3.31. The number of methoxy groups -OCH3 is 1. The largest absolute Gasteiger partial charge is 0.465 e. The van der Waals surface area contributed by atoms with Crippen molar-refractivity contribution in [2.75, 3.05) is 12.4 Å². The highest BCUT2D eigenvalue weighted by Gasteiger charge is 2.16. The van der Waals surface area contributed by atoms with E-state index in [4.69, 9.17) is 4.74 Å². The van der Waals surface area contributed by atoms with Gasteiger partial charge in [-0.15, -0.1) is 0 Å². The van der Waals surface area contributed by atoms with E-state index in [1.807, 2.05) is 49.4 Å².